The molecule has 1 heterocycles. The Morgan fingerprint density at radius 3 is 2.61 bits per heavy atom. The molecule has 1 unspecified atom stereocenters. The Labute approximate surface area is 110 Å². The summed E-state index contributed by atoms with van der Waals surface area (Å²) in [5.74, 6) is 1.67. The van der Waals surface area contributed by atoms with E-state index in [-0.39, 0.29) is 11.8 Å². The average molecular weight is 251 g/mol. The normalized spacial score (nSPS) is 12.8. The maximum Gasteiger partial charge on any atom is 0.226 e. The van der Waals surface area contributed by atoms with Crippen LogP contribution in [0.15, 0.2) is 12.4 Å². The highest BCUT2D eigenvalue weighted by Gasteiger charge is 2.24. The average Bonchev–Trinajstić information content (AvgIpc) is 2.70. The lowest BCUT2D eigenvalue weighted by atomic mass is 9.90. The monoisotopic (exact) mass is 251 g/mol. The van der Waals surface area contributed by atoms with Crippen LogP contribution in [-0.4, -0.2) is 27.4 Å². The van der Waals surface area contributed by atoms with Gasteiger partial charge in [0, 0.05) is 32.4 Å². The molecule has 102 valence electrons. The van der Waals surface area contributed by atoms with Crippen LogP contribution >= 0.6 is 0 Å². The lowest BCUT2D eigenvalue weighted by molar-refractivity contribution is -0.136. The van der Waals surface area contributed by atoms with Crippen LogP contribution < -0.4 is 0 Å². The first kappa shape index (κ1) is 14.7. The van der Waals surface area contributed by atoms with Crippen molar-refractivity contribution < 1.29 is 4.79 Å². The Kier molecular flexibility index (Phi) is 5.38. The van der Waals surface area contributed by atoms with Gasteiger partial charge in [0.2, 0.25) is 5.91 Å². The number of imidazole rings is 1. The van der Waals surface area contributed by atoms with Gasteiger partial charge in [-0.2, -0.15) is 0 Å². The van der Waals surface area contributed by atoms with Crippen LogP contribution in [0.4, 0.5) is 0 Å². The molecule has 0 aliphatic heterocycles. The first-order chi connectivity index (χ1) is 8.47. The van der Waals surface area contributed by atoms with Crippen LogP contribution in [0.25, 0.3) is 0 Å². The summed E-state index contributed by atoms with van der Waals surface area (Å²) >= 11 is 0. The number of carbonyl (C=O) groups excluding carboxylic acids is 1. The van der Waals surface area contributed by atoms with Crippen LogP contribution in [0.3, 0.4) is 0 Å². The molecule has 0 N–H and O–H groups in total. The molecule has 0 saturated carbocycles. The molecule has 0 fully saturated rings. The molecule has 0 aliphatic carbocycles. The van der Waals surface area contributed by atoms with Gasteiger partial charge in [-0.15, -0.1) is 0 Å². The fourth-order valence-electron chi connectivity index (χ4n) is 2.17. The highest BCUT2D eigenvalue weighted by molar-refractivity contribution is 5.78. The van der Waals surface area contributed by atoms with E-state index in [1.165, 1.54) is 0 Å². The van der Waals surface area contributed by atoms with Crippen molar-refractivity contribution in [1.29, 1.82) is 0 Å². The van der Waals surface area contributed by atoms with Crippen molar-refractivity contribution in [3.8, 4) is 0 Å². The molecule has 0 aromatic carbocycles. The summed E-state index contributed by atoms with van der Waals surface area (Å²) in [6.45, 7) is 6.94. The molecule has 4 heteroatoms. The first-order valence-corrected chi connectivity index (χ1v) is 6.68. The Hall–Kier alpha value is -1.32. The second kappa shape index (κ2) is 6.57. The SMILES string of the molecule is CCCC(C(=O)N(C)Cc1nccn1C)C(C)C. The second-order valence-electron chi connectivity index (χ2n) is 5.29. The number of amides is 1. The predicted octanol–water partition coefficient (Wildman–Crippen LogP) is 2.45. The third-order valence-electron chi connectivity index (χ3n) is 3.40. The van der Waals surface area contributed by atoms with Gasteiger partial charge in [0.05, 0.1) is 6.54 Å². The molecule has 1 aromatic heterocycles. The standard InChI is InChI=1S/C14H25N3O/c1-6-7-12(11(2)3)14(18)17(5)10-13-15-8-9-16(13)4/h8-9,11-12H,6-7,10H2,1-5H3. The van der Waals surface area contributed by atoms with Crippen LogP contribution in [0.1, 0.15) is 39.4 Å². The summed E-state index contributed by atoms with van der Waals surface area (Å²) in [5, 5.41) is 0. The molecule has 0 radical (unpaired) electrons. The summed E-state index contributed by atoms with van der Waals surface area (Å²) in [6, 6.07) is 0. The number of aromatic nitrogens is 2. The lowest BCUT2D eigenvalue weighted by Gasteiger charge is -2.25. The molecule has 1 rings (SSSR count). The minimum atomic E-state index is 0.125. The topological polar surface area (TPSA) is 38.1 Å². The smallest absolute Gasteiger partial charge is 0.226 e. The minimum absolute atomic E-state index is 0.125. The fraction of sp³-hybridized carbons (Fsp3) is 0.714. The molecule has 0 spiro atoms. The van der Waals surface area contributed by atoms with E-state index in [4.69, 9.17) is 0 Å². The van der Waals surface area contributed by atoms with E-state index in [9.17, 15) is 4.79 Å². The first-order valence-electron chi connectivity index (χ1n) is 6.68. The highest BCUT2D eigenvalue weighted by Crippen LogP contribution is 2.20. The van der Waals surface area contributed by atoms with E-state index in [1.807, 2.05) is 24.9 Å². The van der Waals surface area contributed by atoms with Crippen LogP contribution in [0.5, 0.6) is 0 Å². The number of carbonyl (C=O) groups is 1. The molecule has 1 amide bonds. The minimum Gasteiger partial charge on any atom is -0.338 e. The van der Waals surface area contributed by atoms with Gasteiger partial charge < -0.3 is 9.47 Å². The number of nitrogens with zero attached hydrogens (tertiary/aromatic N) is 3. The van der Waals surface area contributed by atoms with Gasteiger partial charge in [0.25, 0.3) is 0 Å². The Bertz CT molecular complexity index is 384. The van der Waals surface area contributed by atoms with Gasteiger partial charge in [0.15, 0.2) is 0 Å². The molecule has 0 saturated heterocycles. The Morgan fingerprint density at radius 1 is 1.50 bits per heavy atom. The van der Waals surface area contributed by atoms with Crippen molar-refractivity contribution in [2.24, 2.45) is 18.9 Å². The van der Waals surface area contributed by atoms with Crippen molar-refractivity contribution in [3.05, 3.63) is 18.2 Å². The molecule has 1 aromatic rings. The molecule has 0 bridgehead atoms. The van der Waals surface area contributed by atoms with Crippen molar-refractivity contribution in [2.45, 2.75) is 40.2 Å². The third-order valence-corrected chi connectivity index (χ3v) is 3.40. The summed E-state index contributed by atoms with van der Waals surface area (Å²) in [6.07, 6.45) is 5.67. The number of rotatable bonds is 6. The quantitative estimate of drug-likeness (QED) is 0.779. The maximum absolute atomic E-state index is 12.4. The lowest BCUT2D eigenvalue weighted by Crippen LogP contribution is -2.35. The molecule has 18 heavy (non-hydrogen) atoms. The van der Waals surface area contributed by atoms with E-state index < -0.39 is 0 Å². The zero-order valence-corrected chi connectivity index (χ0v) is 12.2. The van der Waals surface area contributed by atoms with E-state index in [0.717, 1.165) is 18.7 Å². The van der Waals surface area contributed by atoms with Gasteiger partial charge in [-0.05, 0) is 12.3 Å². The second-order valence-corrected chi connectivity index (χ2v) is 5.29. The summed E-state index contributed by atoms with van der Waals surface area (Å²) in [5.41, 5.74) is 0. The van der Waals surface area contributed by atoms with Crippen molar-refractivity contribution in [3.63, 3.8) is 0 Å². The largest absolute Gasteiger partial charge is 0.338 e. The van der Waals surface area contributed by atoms with Gasteiger partial charge >= 0.3 is 0 Å². The van der Waals surface area contributed by atoms with Crippen LogP contribution in [0.2, 0.25) is 0 Å². The predicted molar refractivity (Wildman–Crippen MR) is 72.9 cm³/mol. The van der Waals surface area contributed by atoms with E-state index >= 15 is 0 Å². The van der Waals surface area contributed by atoms with E-state index in [2.05, 4.69) is 25.8 Å². The zero-order valence-electron chi connectivity index (χ0n) is 12.2. The Morgan fingerprint density at radius 2 is 2.17 bits per heavy atom. The molecule has 0 aliphatic rings. The number of hydrogen-bond acceptors (Lipinski definition) is 2. The zero-order chi connectivity index (χ0) is 13.7. The van der Waals surface area contributed by atoms with Crippen molar-refractivity contribution in [2.75, 3.05) is 7.05 Å². The molecular formula is C14H25N3O. The van der Waals surface area contributed by atoms with Gasteiger partial charge in [-0.1, -0.05) is 27.2 Å². The highest BCUT2D eigenvalue weighted by atomic mass is 16.2. The number of aryl methyl sites for hydroxylation is 1. The van der Waals surface area contributed by atoms with Gasteiger partial charge in [0.1, 0.15) is 5.82 Å². The third kappa shape index (κ3) is 3.59. The molecular weight excluding hydrogens is 226 g/mol. The maximum atomic E-state index is 12.4. The Balaban J connectivity index is 2.67. The van der Waals surface area contributed by atoms with Crippen LogP contribution in [-0.2, 0) is 18.4 Å². The number of hydrogen-bond donors (Lipinski definition) is 0. The van der Waals surface area contributed by atoms with E-state index in [0.29, 0.717) is 12.5 Å². The van der Waals surface area contributed by atoms with Crippen molar-refractivity contribution in [1.82, 2.24) is 14.5 Å². The fourth-order valence-corrected chi connectivity index (χ4v) is 2.17. The van der Waals surface area contributed by atoms with Crippen LogP contribution in [0, 0.1) is 11.8 Å². The summed E-state index contributed by atoms with van der Waals surface area (Å²) in [7, 11) is 3.81. The van der Waals surface area contributed by atoms with Gasteiger partial charge in [-0.3, -0.25) is 4.79 Å². The van der Waals surface area contributed by atoms with Crippen molar-refractivity contribution >= 4 is 5.91 Å². The summed E-state index contributed by atoms with van der Waals surface area (Å²) in [4.78, 5) is 18.5. The van der Waals surface area contributed by atoms with Gasteiger partial charge in [-0.25, -0.2) is 4.98 Å². The molecule has 4 nitrogen and oxygen atoms in total. The molecule has 1 atom stereocenters. The van der Waals surface area contributed by atoms with E-state index in [1.54, 1.807) is 11.1 Å². The summed E-state index contributed by atoms with van der Waals surface area (Å²) < 4.78 is 1.95.